The Morgan fingerprint density at radius 3 is 2.44 bits per heavy atom. The molecule has 0 spiro atoms. The highest BCUT2D eigenvalue weighted by atomic mass is 17.1. The van der Waals surface area contributed by atoms with Crippen molar-refractivity contribution in [3.05, 3.63) is 6.08 Å². The number of ketones is 1. The molecule has 0 unspecified atom stereocenters. The Kier molecular flexibility index (Phi) is 2.97. The summed E-state index contributed by atoms with van der Waals surface area (Å²) in [5, 5.41) is 7.51. The second kappa shape index (κ2) is 3.54. The van der Waals surface area contributed by atoms with Crippen LogP contribution in [0.4, 0.5) is 0 Å². The molecule has 48 valence electrons. The largest absolute Gasteiger partial charge is 0.413 e. The predicted molar refractivity (Wildman–Crippen MR) is 24.0 cm³/mol. The smallest absolute Gasteiger partial charge is 0.292 e. The molecule has 0 saturated heterocycles. The summed E-state index contributed by atoms with van der Waals surface area (Å²) in [4.78, 5) is 32.2. The molecule has 0 bridgehead atoms. The van der Waals surface area contributed by atoms with Gasteiger partial charge in [0.2, 0.25) is 0 Å². The van der Waals surface area contributed by atoms with Crippen molar-refractivity contribution in [2.45, 2.75) is 0 Å². The summed E-state index contributed by atoms with van der Waals surface area (Å²) in [5.74, 6) is -1.70. The van der Waals surface area contributed by atoms with Gasteiger partial charge in [0.05, 0.1) is 6.08 Å². The van der Waals surface area contributed by atoms with Crippen LogP contribution in [0, 0.1) is 0 Å². The third kappa shape index (κ3) is 2.38. The van der Waals surface area contributed by atoms with E-state index in [0.717, 1.165) is 5.94 Å². The van der Waals surface area contributed by atoms with Gasteiger partial charge in [-0.1, -0.05) is 0 Å². The Morgan fingerprint density at radius 2 is 2.11 bits per heavy atom. The van der Waals surface area contributed by atoms with Gasteiger partial charge in [0.25, 0.3) is 5.78 Å². The van der Waals surface area contributed by atoms with Gasteiger partial charge in [0.1, 0.15) is 5.94 Å². The highest BCUT2D eigenvalue weighted by Crippen LogP contribution is 1.75. The highest BCUT2D eigenvalue weighted by molar-refractivity contribution is 6.39. The summed E-state index contributed by atoms with van der Waals surface area (Å²) in [7, 11) is 0. The maximum atomic E-state index is 10.0. The van der Waals surface area contributed by atoms with E-state index in [-0.39, 0.29) is 0 Å². The fraction of sp³-hybridized carbons (Fsp3) is 0. The Bertz CT molecular complexity index is 175. The first-order valence-corrected chi connectivity index (χ1v) is 1.83. The van der Waals surface area contributed by atoms with Crippen LogP contribution in [0.1, 0.15) is 0 Å². The van der Waals surface area contributed by atoms with Crippen LogP contribution in [0.2, 0.25) is 0 Å². The lowest BCUT2D eigenvalue weighted by molar-refractivity contribution is -0.231. The van der Waals surface area contributed by atoms with Crippen molar-refractivity contribution in [1.29, 1.82) is 0 Å². The van der Waals surface area contributed by atoms with Crippen molar-refractivity contribution in [3.8, 4) is 0 Å². The van der Waals surface area contributed by atoms with Gasteiger partial charge in [-0.05, 0) is 0 Å². The SMILES string of the molecule is O=C=CC(=O)C(=O)OO. The van der Waals surface area contributed by atoms with E-state index in [2.05, 4.69) is 4.89 Å². The molecule has 0 rings (SSSR count). The van der Waals surface area contributed by atoms with Gasteiger partial charge in [-0.15, -0.1) is 0 Å². The van der Waals surface area contributed by atoms with Crippen LogP contribution in [-0.2, 0) is 19.3 Å². The van der Waals surface area contributed by atoms with Crippen LogP contribution in [0.5, 0.6) is 0 Å². The minimum Gasteiger partial charge on any atom is -0.292 e. The van der Waals surface area contributed by atoms with E-state index in [1.54, 1.807) is 0 Å². The number of carbonyl (C=O) groups excluding carboxylic acids is 3. The van der Waals surface area contributed by atoms with Crippen molar-refractivity contribution in [1.82, 2.24) is 0 Å². The first-order valence-electron chi connectivity index (χ1n) is 1.83. The Morgan fingerprint density at radius 1 is 1.56 bits per heavy atom. The Balaban J connectivity index is 4.04. The number of hydrogen-bond donors (Lipinski definition) is 1. The predicted octanol–water partition coefficient (Wildman–Crippen LogP) is -1.04. The number of rotatable bonds is 2. The zero-order chi connectivity index (χ0) is 7.28. The van der Waals surface area contributed by atoms with Crippen LogP contribution in [-0.4, -0.2) is 23.0 Å². The average Bonchev–Trinajstić information content (AvgIpc) is 1.87. The molecule has 1 N–H and O–H groups in total. The molecule has 0 aliphatic heterocycles. The third-order valence-corrected chi connectivity index (χ3v) is 0.474. The van der Waals surface area contributed by atoms with Crippen molar-refractivity contribution < 1.29 is 24.5 Å². The van der Waals surface area contributed by atoms with E-state index in [9.17, 15) is 14.4 Å². The summed E-state index contributed by atoms with van der Waals surface area (Å²) in [5.41, 5.74) is 0. The second-order valence-corrected chi connectivity index (χ2v) is 1.01. The quantitative estimate of drug-likeness (QED) is 0.170. The standard InChI is InChI=1S/C4H2O5/c5-2-1-3(6)4(7)9-8/h1,8H. The van der Waals surface area contributed by atoms with Crippen LogP contribution in [0.3, 0.4) is 0 Å². The third-order valence-electron chi connectivity index (χ3n) is 0.474. The highest BCUT2D eigenvalue weighted by Gasteiger charge is 2.10. The molecule has 0 amide bonds. The molecule has 0 aliphatic rings. The second-order valence-electron chi connectivity index (χ2n) is 1.01. The summed E-state index contributed by atoms with van der Waals surface area (Å²) >= 11 is 0. The van der Waals surface area contributed by atoms with E-state index in [4.69, 9.17) is 5.26 Å². The monoisotopic (exact) mass is 130 g/mol. The molecule has 0 atom stereocenters. The van der Waals surface area contributed by atoms with E-state index >= 15 is 0 Å². The fourth-order valence-electron chi connectivity index (χ4n) is 0.157. The van der Waals surface area contributed by atoms with Gasteiger partial charge < -0.3 is 0 Å². The minimum absolute atomic E-state index is 0.318. The van der Waals surface area contributed by atoms with Gasteiger partial charge in [0.15, 0.2) is 0 Å². The molecule has 5 heteroatoms. The normalized spacial score (nSPS) is 7.22. The molecule has 0 saturated carbocycles. The molecule has 0 aromatic rings. The lowest BCUT2D eigenvalue weighted by Gasteiger charge is -1.83. The molecule has 0 fully saturated rings. The summed E-state index contributed by atoms with van der Waals surface area (Å²) in [6.45, 7) is 0. The lowest BCUT2D eigenvalue weighted by atomic mass is 10.4. The van der Waals surface area contributed by atoms with Gasteiger partial charge in [-0.25, -0.2) is 9.59 Å². The molecule has 0 aromatic carbocycles. The van der Waals surface area contributed by atoms with Crippen LogP contribution >= 0.6 is 0 Å². The lowest BCUT2D eigenvalue weighted by Crippen LogP contribution is -2.12. The Hall–Kier alpha value is -1.45. The summed E-state index contributed by atoms with van der Waals surface area (Å²) in [6.07, 6.45) is 0.318. The topological polar surface area (TPSA) is 80.7 Å². The van der Waals surface area contributed by atoms with Crippen LogP contribution in [0.25, 0.3) is 0 Å². The zero-order valence-corrected chi connectivity index (χ0v) is 4.16. The summed E-state index contributed by atoms with van der Waals surface area (Å²) in [6, 6.07) is 0. The molecular formula is C4H2O5. The van der Waals surface area contributed by atoms with Crippen LogP contribution < -0.4 is 0 Å². The fourth-order valence-corrected chi connectivity index (χ4v) is 0.157. The van der Waals surface area contributed by atoms with Crippen molar-refractivity contribution in [3.63, 3.8) is 0 Å². The van der Waals surface area contributed by atoms with Gasteiger partial charge in [-0.3, -0.25) is 9.68 Å². The van der Waals surface area contributed by atoms with E-state index < -0.39 is 11.8 Å². The number of hydrogen-bond acceptors (Lipinski definition) is 5. The molecular weight excluding hydrogens is 128 g/mol. The van der Waals surface area contributed by atoms with Crippen LogP contribution in [0.15, 0.2) is 6.08 Å². The van der Waals surface area contributed by atoms with Crippen molar-refractivity contribution in [2.24, 2.45) is 0 Å². The molecule has 0 radical (unpaired) electrons. The van der Waals surface area contributed by atoms with Crippen molar-refractivity contribution >= 4 is 17.7 Å². The average molecular weight is 130 g/mol. The molecule has 0 aromatic heterocycles. The van der Waals surface area contributed by atoms with E-state index in [1.807, 2.05) is 0 Å². The van der Waals surface area contributed by atoms with Gasteiger partial charge in [0, 0.05) is 0 Å². The first-order chi connectivity index (χ1) is 4.22. The minimum atomic E-state index is -1.50. The van der Waals surface area contributed by atoms with E-state index in [0.29, 0.717) is 6.08 Å². The maximum Gasteiger partial charge on any atom is 0.413 e. The zero-order valence-electron chi connectivity index (χ0n) is 4.16. The van der Waals surface area contributed by atoms with Gasteiger partial charge >= 0.3 is 5.97 Å². The molecule has 5 nitrogen and oxygen atoms in total. The van der Waals surface area contributed by atoms with Crippen molar-refractivity contribution in [2.75, 3.05) is 0 Å². The first kappa shape index (κ1) is 7.55. The Labute approximate surface area is 49.5 Å². The number of carbonyl (C=O) groups is 2. The molecule has 9 heavy (non-hydrogen) atoms. The van der Waals surface area contributed by atoms with E-state index in [1.165, 1.54) is 0 Å². The maximum absolute atomic E-state index is 10.0. The molecule has 0 heterocycles. The van der Waals surface area contributed by atoms with Gasteiger partial charge in [-0.2, -0.15) is 5.26 Å². The molecule has 0 aliphatic carbocycles. The summed E-state index contributed by atoms with van der Waals surface area (Å²) < 4.78 is 0.